The van der Waals surface area contributed by atoms with Gasteiger partial charge in [0.05, 0.1) is 15.2 Å². The van der Waals surface area contributed by atoms with Crippen molar-refractivity contribution >= 4 is 33.4 Å². The van der Waals surface area contributed by atoms with Crippen molar-refractivity contribution in [3.05, 3.63) is 29.3 Å². The van der Waals surface area contributed by atoms with Crippen molar-refractivity contribution in [3.63, 3.8) is 0 Å². The van der Waals surface area contributed by atoms with E-state index in [-0.39, 0.29) is 11.8 Å². The van der Waals surface area contributed by atoms with Crippen molar-refractivity contribution in [2.45, 2.75) is 45.6 Å². The standard InChI is InChI=1S/C17H23N3O2S/c1-3-18-17(22)12(2)19-15(21)10-6-7-11-16-20-13-8-4-5-9-14(13)23-16/h4-5,8-9,12H,3,6-7,10-11H2,1-2H3,(H,18,22)(H,19,21)/t12-/m0/s1. The number of benzene rings is 1. The molecule has 2 aromatic rings. The molecule has 0 saturated carbocycles. The summed E-state index contributed by atoms with van der Waals surface area (Å²) >= 11 is 1.71. The van der Waals surface area contributed by atoms with Gasteiger partial charge in [-0.25, -0.2) is 4.98 Å². The van der Waals surface area contributed by atoms with Crippen LogP contribution in [0, 0.1) is 0 Å². The van der Waals surface area contributed by atoms with Crippen LogP contribution in [0.5, 0.6) is 0 Å². The summed E-state index contributed by atoms with van der Waals surface area (Å²) in [6, 6.07) is 7.63. The van der Waals surface area contributed by atoms with Gasteiger partial charge in [-0.3, -0.25) is 9.59 Å². The summed E-state index contributed by atoms with van der Waals surface area (Å²) in [5.41, 5.74) is 1.04. The number of para-hydroxylation sites is 1. The van der Waals surface area contributed by atoms with Crippen LogP contribution in [0.15, 0.2) is 24.3 Å². The second-order valence-electron chi connectivity index (χ2n) is 5.47. The topological polar surface area (TPSA) is 71.1 Å². The van der Waals surface area contributed by atoms with Crippen molar-refractivity contribution < 1.29 is 9.59 Å². The van der Waals surface area contributed by atoms with E-state index in [0.717, 1.165) is 29.8 Å². The molecule has 0 aliphatic rings. The third kappa shape index (κ3) is 5.32. The van der Waals surface area contributed by atoms with Crippen molar-refractivity contribution in [3.8, 4) is 0 Å². The second kappa shape index (κ2) is 8.62. The molecule has 5 nitrogen and oxygen atoms in total. The Balaban J connectivity index is 1.68. The number of hydrogen-bond acceptors (Lipinski definition) is 4. The molecule has 0 aliphatic carbocycles. The van der Waals surface area contributed by atoms with Gasteiger partial charge in [-0.1, -0.05) is 12.1 Å². The van der Waals surface area contributed by atoms with E-state index >= 15 is 0 Å². The Morgan fingerprint density at radius 3 is 2.78 bits per heavy atom. The number of fused-ring (bicyclic) bond motifs is 1. The van der Waals surface area contributed by atoms with Crippen LogP contribution in [0.3, 0.4) is 0 Å². The molecule has 6 heteroatoms. The van der Waals surface area contributed by atoms with Crippen LogP contribution in [-0.4, -0.2) is 29.4 Å². The minimum absolute atomic E-state index is 0.0759. The third-order valence-corrected chi connectivity index (χ3v) is 4.60. The van der Waals surface area contributed by atoms with E-state index < -0.39 is 6.04 Å². The first-order chi connectivity index (χ1) is 11.1. The van der Waals surface area contributed by atoms with E-state index in [0.29, 0.717) is 13.0 Å². The zero-order valence-corrected chi connectivity index (χ0v) is 14.4. The number of carbonyl (C=O) groups is 2. The monoisotopic (exact) mass is 333 g/mol. The van der Waals surface area contributed by atoms with E-state index in [1.165, 1.54) is 4.70 Å². The van der Waals surface area contributed by atoms with E-state index in [2.05, 4.69) is 21.7 Å². The smallest absolute Gasteiger partial charge is 0.242 e. The third-order valence-electron chi connectivity index (χ3n) is 3.50. The number of unbranched alkanes of at least 4 members (excludes halogenated alkanes) is 1. The first-order valence-corrected chi connectivity index (χ1v) is 8.83. The normalized spacial score (nSPS) is 12.1. The Kier molecular flexibility index (Phi) is 6.52. The van der Waals surface area contributed by atoms with Crippen molar-refractivity contribution in [2.75, 3.05) is 6.54 Å². The number of likely N-dealkylation sites (N-methyl/N-ethyl adjacent to an activating group) is 1. The lowest BCUT2D eigenvalue weighted by Crippen LogP contribution is -2.44. The van der Waals surface area contributed by atoms with Crippen LogP contribution < -0.4 is 10.6 Å². The molecule has 1 aromatic carbocycles. The highest BCUT2D eigenvalue weighted by Crippen LogP contribution is 2.22. The molecule has 2 N–H and O–H groups in total. The Labute approximate surface area is 140 Å². The van der Waals surface area contributed by atoms with Gasteiger partial charge in [0.2, 0.25) is 11.8 Å². The lowest BCUT2D eigenvalue weighted by molar-refractivity contribution is -0.128. The summed E-state index contributed by atoms with van der Waals surface area (Å²) in [6.45, 7) is 4.12. The van der Waals surface area contributed by atoms with E-state index in [1.54, 1.807) is 18.3 Å². The predicted octanol–water partition coefficient (Wildman–Crippen LogP) is 2.65. The molecular formula is C17H23N3O2S. The zero-order chi connectivity index (χ0) is 16.7. The average molecular weight is 333 g/mol. The van der Waals surface area contributed by atoms with E-state index in [1.807, 2.05) is 25.1 Å². The van der Waals surface area contributed by atoms with Gasteiger partial charge in [0, 0.05) is 13.0 Å². The van der Waals surface area contributed by atoms with Gasteiger partial charge >= 0.3 is 0 Å². The quantitative estimate of drug-likeness (QED) is 0.730. The van der Waals surface area contributed by atoms with Crippen LogP contribution >= 0.6 is 11.3 Å². The van der Waals surface area contributed by atoms with Crippen molar-refractivity contribution in [1.82, 2.24) is 15.6 Å². The molecule has 0 saturated heterocycles. The molecule has 0 aliphatic heterocycles. The number of thiazole rings is 1. The molecule has 0 spiro atoms. The highest BCUT2D eigenvalue weighted by Gasteiger charge is 2.14. The first kappa shape index (κ1) is 17.4. The molecule has 23 heavy (non-hydrogen) atoms. The first-order valence-electron chi connectivity index (χ1n) is 8.01. The number of nitrogens with zero attached hydrogens (tertiary/aromatic N) is 1. The van der Waals surface area contributed by atoms with Crippen molar-refractivity contribution in [2.24, 2.45) is 0 Å². The van der Waals surface area contributed by atoms with Gasteiger partial charge in [0.1, 0.15) is 6.04 Å². The van der Waals surface area contributed by atoms with Crippen LogP contribution in [0.2, 0.25) is 0 Å². The Morgan fingerprint density at radius 2 is 2.04 bits per heavy atom. The maximum atomic E-state index is 11.8. The summed E-state index contributed by atoms with van der Waals surface area (Å²) in [7, 11) is 0. The zero-order valence-electron chi connectivity index (χ0n) is 13.6. The van der Waals surface area contributed by atoms with Gasteiger partial charge in [0.15, 0.2) is 0 Å². The Bertz CT molecular complexity index is 636. The minimum Gasteiger partial charge on any atom is -0.355 e. The van der Waals surface area contributed by atoms with Crippen LogP contribution in [0.1, 0.15) is 38.1 Å². The number of nitrogens with one attached hydrogen (secondary N) is 2. The number of hydrogen-bond donors (Lipinski definition) is 2. The second-order valence-corrected chi connectivity index (χ2v) is 6.58. The molecule has 2 amide bonds. The number of carbonyl (C=O) groups excluding carboxylic acids is 2. The fourth-order valence-electron chi connectivity index (χ4n) is 2.30. The highest BCUT2D eigenvalue weighted by molar-refractivity contribution is 7.18. The summed E-state index contributed by atoms with van der Waals surface area (Å²) in [5, 5.41) is 6.53. The molecule has 1 aromatic heterocycles. The van der Waals surface area contributed by atoms with Gasteiger partial charge in [-0.05, 0) is 45.2 Å². The SMILES string of the molecule is CCNC(=O)[C@H](C)NC(=O)CCCCc1nc2ccccc2s1. The van der Waals surface area contributed by atoms with Crippen molar-refractivity contribution in [1.29, 1.82) is 0 Å². The maximum absolute atomic E-state index is 11.8. The summed E-state index contributed by atoms with van der Waals surface area (Å²) in [6.07, 6.45) is 3.04. The molecule has 0 radical (unpaired) electrons. The molecule has 124 valence electrons. The summed E-state index contributed by atoms with van der Waals surface area (Å²) in [4.78, 5) is 27.9. The largest absolute Gasteiger partial charge is 0.355 e. The summed E-state index contributed by atoms with van der Waals surface area (Å²) in [5.74, 6) is -0.219. The van der Waals surface area contributed by atoms with Gasteiger partial charge < -0.3 is 10.6 Å². The molecule has 1 atom stereocenters. The van der Waals surface area contributed by atoms with Crippen LogP contribution in [0.4, 0.5) is 0 Å². The molecule has 0 unspecified atom stereocenters. The van der Waals surface area contributed by atoms with Gasteiger partial charge in [0.25, 0.3) is 0 Å². The molecule has 0 fully saturated rings. The van der Waals surface area contributed by atoms with Crippen LogP contribution in [-0.2, 0) is 16.0 Å². The number of rotatable bonds is 8. The van der Waals surface area contributed by atoms with Gasteiger partial charge in [-0.15, -0.1) is 11.3 Å². The maximum Gasteiger partial charge on any atom is 0.242 e. The fraction of sp³-hybridized carbons (Fsp3) is 0.471. The predicted molar refractivity (Wildman–Crippen MR) is 93.5 cm³/mol. The lowest BCUT2D eigenvalue weighted by Gasteiger charge is -2.13. The molecule has 1 heterocycles. The number of aryl methyl sites for hydroxylation is 1. The average Bonchev–Trinajstić information content (AvgIpc) is 2.94. The molecular weight excluding hydrogens is 310 g/mol. The summed E-state index contributed by atoms with van der Waals surface area (Å²) < 4.78 is 1.20. The van der Waals surface area contributed by atoms with Crippen LogP contribution in [0.25, 0.3) is 10.2 Å². The number of amides is 2. The minimum atomic E-state index is -0.480. The Hall–Kier alpha value is -1.95. The Morgan fingerprint density at radius 1 is 1.26 bits per heavy atom. The lowest BCUT2D eigenvalue weighted by atomic mass is 10.2. The van der Waals surface area contributed by atoms with Gasteiger partial charge in [-0.2, -0.15) is 0 Å². The molecule has 0 bridgehead atoms. The highest BCUT2D eigenvalue weighted by atomic mass is 32.1. The van der Waals surface area contributed by atoms with E-state index in [9.17, 15) is 9.59 Å². The van der Waals surface area contributed by atoms with E-state index in [4.69, 9.17) is 0 Å². The number of aromatic nitrogens is 1. The molecule has 2 rings (SSSR count). The fourth-order valence-corrected chi connectivity index (χ4v) is 3.30.